The average Bonchev–Trinajstić information content (AvgIpc) is 3.13. The van der Waals surface area contributed by atoms with Crippen LogP contribution >= 0.6 is 0 Å². The maximum Gasteiger partial charge on any atom is 0.471 e. The van der Waals surface area contributed by atoms with Crippen LogP contribution in [0.4, 0.5) is 13.2 Å². The number of aromatic amines is 1. The number of nitrogens with zero attached hydrogens (tertiary/aromatic N) is 2. The summed E-state index contributed by atoms with van der Waals surface area (Å²) in [6.07, 6.45) is -4.44. The molecule has 0 bridgehead atoms. The number of hydrogen-bond donors (Lipinski definition) is 2. The normalized spacial score (nSPS) is 11.8. The monoisotopic (exact) mass is 352 g/mol. The smallest absolute Gasteiger partial charge is 0.358 e. The van der Waals surface area contributed by atoms with Crippen molar-refractivity contribution in [2.24, 2.45) is 0 Å². The Morgan fingerprint density at radius 1 is 1.32 bits per heavy atom. The molecule has 3 aromatic rings. The molecule has 25 heavy (non-hydrogen) atoms. The summed E-state index contributed by atoms with van der Waals surface area (Å²) in [4.78, 5) is 18.6. The molecule has 0 aliphatic rings. The van der Waals surface area contributed by atoms with Gasteiger partial charge in [-0.2, -0.15) is 18.2 Å². The van der Waals surface area contributed by atoms with Crippen LogP contribution in [0, 0.1) is 6.92 Å². The van der Waals surface area contributed by atoms with E-state index >= 15 is 0 Å². The van der Waals surface area contributed by atoms with Gasteiger partial charge in [-0.3, -0.25) is 4.79 Å². The predicted molar refractivity (Wildman–Crippen MR) is 82.8 cm³/mol. The molecule has 1 aromatic carbocycles. The largest absolute Gasteiger partial charge is 0.471 e. The highest BCUT2D eigenvalue weighted by molar-refractivity contribution is 5.90. The van der Waals surface area contributed by atoms with Gasteiger partial charge in [-0.15, -0.1) is 0 Å². The Balaban J connectivity index is 1.56. The summed E-state index contributed by atoms with van der Waals surface area (Å²) in [5, 5.41) is 6.88. The van der Waals surface area contributed by atoms with Crippen molar-refractivity contribution in [1.29, 1.82) is 0 Å². The molecule has 2 aromatic heterocycles. The van der Waals surface area contributed by atoms with Crippen LogP contribution in [0.25, 0.3) is 10.9 Å². The van der Waals surface area contributed by atoms with Crippen LogP contribution in [0.15, 0.2) is 28.8 Å². The van der Waals surface area contributed by atoms with Gasteiger partial charge < -0.3 is 14.8 Å². The third-order valence-corrected chi connectivity index (χ3v) is 3.75. The number of carbonyl (C=O) groups is 1. The third kappa shape index (κ3) is 3.81. The first kappa shape index (κ1) is 17.0. The molecular formula is C16H15F3N4O2. The summed E-state index contributed by atoms with van der Waals surface area (Å²) in [5.41, 5.74) is 2.76. The van der Waals surface area contributed by atoms with Gasteiger partial charge >= 0.3 is 12.1 Å². The molecule has 0 saturated carbocycles. The highest BCUT2D eigenvalue weighted by Gasteiger charge is 2.38. The van der Waals surface area contributed by atoms with Crippen LogP contribution in [0.3, 0.4) is 0 Å². The Kier molecular flexibility index (Phi) is 4.47. The number of benzene rings is 1. The zero-order valence-corrected chi connectivity index (χ0v) is 13.3. The number of hydrogen-bond acceptors (Lipinski definition) is 4. The van der Waals surface area contributed by atoms with Crippen molar-refractivity contribution in [3.05, 3.63) is 47.2 Å². The van der Waals surface area contributed by atoms with Gasteiger partial charge in [0.05, 0.1) is 6.42 Å². The van der Waals surface area contributed by atoms with Crippen LogP contribution in [0.5, 0.6) is 0 Å². The van der Waals surface area contributed by atoms with E-state index in [1.54, 1.807) is 0 Å². The molecule has 0 radical (unpaired) electrons. The molecule has 0 spiro atoms. The van der Waals surface area contributed by atoms with Crippen molar-refractivity contribution in [2.45, 2.75) is 25.9 Å². The van der Waals surface area contributed by atoms with E-state index in [2.05, 4.69) is 25.0 Å². The van der Waals surface area contributed by atoms with E-state index in [1.165, 1.54) is 0 Å². The van der Waals surface area contributed by atoms with Crippen molar-refractivity contribution in [2.75, 3.05) is 6.54 Å². The highest BCUT2D eigenvalue weighted by atomic mass is 19.4. The first-order valence-corrected chi connectivity index (χ1v) is 7.57. The van der Waals surface area contributed by atoms with E-state index in [4.69, 9.17) is 0 Å². The molecule has 2 heterocycles. The summed E-state index contributed by atoms with van der Waals surface area (Å²) < 4.78 is 41.2. The summed E-state index contributed by atoms with van der Waals surface area (Å²) in [6, 6.07) is 7.66. The summed E-state index contributed by atoms with van der Waals surface area (Å²) in [7, 11) is 0. The highest BCUT2D eigenvalue weighted by Crippen LogP contribution is 2.27. The van der Waals surface area contributed by atoms with E-state index in [9.17, 15) is 18.0 Å². The fourth-order valence-electron chi connectivity index (χ4n) is 2.57. The number of halogens is 3. The Bertz CT molecular complexity index is 898. The molecule has 0 unspecified atom stereocenters. The van der Waals surface area contributed by atoms with Gasteiger partial charge in [0.25, 0.3) is 0 Å². The molecule has 0 atom stereocenters. The quantitative estimate of drug-likeness (QED) is 0.740. The van der Waals surface area contributed by atoms with E-state index in [0.29, 0.717) is 0 Å². The topological polar surface area (TPSA) is 83.8 Å². The van der Waals surface area contributed by atoms with Gasteiger partial charge in [-0.1, -0.05) is 23.4 Å². The van der Waals surface area contributed by atoms with Gasteiger partial charge in [-0.05, 0) is 18.6 Å². The van der Waals surface area contributed by atoms with E-state index in [-0.39, 0.29) is 31.1 Å². The standard InChI is InChI=1S/C16H15F3N4O2/c1-9-11(10-4-2-3-5-12(10)21-9)8-14(24)20-7-6-13-22-15(25-23-13)16(17,18)19/h2-5,21H,6-8H2,1H3,(H,20,24). The number of amides is 1. The fraction of sp³-hybridized carbons (Fsp3) is 0.312. The molecule has 1 amide bonds. The molecule has 9 heteroatoms. The molecule has 2 N–H and O–H groups in total. The van der Waals surface area contributed by atoms with Crippen LogP contribution < -0.4 is 5.32 Å². The number of rotatable bonds is 5. The Morgan fingerprint density at radius 2 is 2.08 bits per heavy atom. The van der Waals surface area contributed by atoms with Gasteiger partial charge in [0, 0.05) is 29.6 Å². The number of H-pyrrole nitrogens is 1. The van der Waals surface area contributed by atoms with Gasteiger partial charge in [0.15, 0.2) is 5.82 Å². The first-order valence-electron chi connectivity index (χ1n) is 7.57. The molecule has 132 valence electrons. The number of fused-ring (bicyclic) bond motifs is 1. The fourth-order valence-corrected chi connectivity index (χ4v) is 2.57. The van der Waals surface area contributed by atoms with Gasteiger partial charge in [0.1, 0.15) is 0 Å². The molecular weight excluding hydrogens is 337 g/mol. The maximum atomic E-state index is 12.4. The van der Waals surface area contributed by atoms with Gasteiger partial charge in [-0.25, -0.2) is 0 Å². The second-order valence-corrected chi connectivity index (χ2v) is 5.56. The van der Waals surface area contributed by atoms with Crippen LogP contribution in [-0.4, -0.2) is 27.6 Å². The van der Waals surface area contributed by atoms with Crippen LogP contribution in [0.2, 0.25) is 0 Å². The molecule has 3 rings (SSSR count). The van der Waals surface area contributed by atoms with E-state index < -0.39 is 12.1 Å². The molecule has 0 aliphatic heterocycles. The van der Waals surface area contributed by atoms with E-state index in [0.717, 1.165) is 22.2 Å². The van der Waals surface area contributed by atoms with Crippen LogP contribution in [0.1, 0.15) is 23.0 Å². The Morgan fingerprint density at radius 3 is 2.80 bits per heavy atom. The second-order valence-electron chi connectivity index (χ2n) is 5.56. The number of alkyl halides is 3. The number of aromatic nitrogens is 3. The van der Waals surface area contributed by atoms with E-state index in [1.807, 2.05) is 31.2 Å². The lowest BCUT2D eigenvalue weighted by atomic mass is 10.1. The second kappa shape index (κ2) is 6.58. The Hall–Kier alpha value is -2.84. The summed E-state index contributed by atoms with van der Waals surface area (Å²) in [5.74, 6) is -1.72. The lowest BCUT2D eigenvalue weighted by molar-refractivity contribution is -0.159. The zero-order valence-electron chi connectivity index (χ0n) is 13.3. The third-order valence-electron chi connectivity index (χ3n) is 3.75. The molecule has 0 aliphatic carbocycles. The van der Waals surface area contributed by atoms with Crippen molar-refractivity contribution in [3.63, 3.8) is 0 Å². The minimum atomic E-state index is -4.67. The average molecular weight is 352 g/mol. The van der Waals surface area contributed by atoms with Crippen molar-refractivity contribution < 1.29 is 22.5 Å². The summed E-state index contributed by atoms with van der Waals surface area (Å²) in [6.45, 7) is 2.01. The molecule has 0 saturated heterocycles. The minimum Gasteiger partial charge on any atom is -0.358 e. The predicted octanol–water partition coefficient (Wildman–Crippen LogP) is 2.78. The van der Waals surface area contributed by atoms with Crippen molar-refractivity contribution >= 4 is 16.8 Å². The number of aryl methyl sites for hydroxylation is 1. The van der Waals surface area contributed by atoms with Gasteiger partial charge in [0.2, 0.25) is 5.91 Å². The minimum absolute atomic E-state index is 0.0538. The lowest BCUT2D eigenvalue weighted by Crippen LogP contribution is -2.27. The first-order chi connectivity index (χ1) is 11.8. The van der Waals surface area contributed by atoms with Crippen LogP contribution in [-0.2, 0) is 23.8 Å². The van der Waals surface area contributed by atoms with Crippen molar-refractivity contribution in [1.82, 2.24) is 20.4 Å². The Labute approximate surface area is 140 Å². The molecule has 6 nitrogen and oxygen atoms in total. The lowest BCUT2D eigenvalue weighted by Gasteiger charge is -2.04. The summed E-state index contributed by atoms with van der Waals surface area (Å²) >= 11 is 0. The maximum absolute atomic E-state index is 12.4. The number of nitrogens with one attached hydrogen (secondary N) is 2. The van der Waals surface area contributed by atoms with Crippen molar-refractivity contribution in [3.8, 4) is 0 Å². The molecule has 0 fully saturated rings. The number of para-hydroxylation sites is 1. The SMILES string of the molecule is Cc1[nH]c2ccccc2c1CC(=O)NCCc1noc(C(F)(F)F)n1. The number of carbonyl (C=O) groups excluding carboxylic acids is 1. The zero-order chi connectivity index (χ0) is 18.0.